The van der Waals surface area contributed by atoms with E-state index in [1.54, 1.807) is 13.2 Å². The van der Waals surface area contributed by atoms with E-state index in [2.05, 4.69) is 62.4 Å². The van der Waals surface area contributed by atoms with Crippen molar-refractivity contribution < 1.29 is 9.21 Å². The molecule has 3 aromatic heterocycles. The molecule has 5 aromatic rings. The number of carbonyl (C=O) groups excluding carboxylic acids is 1. The van der Waals surface area contributed by atoms with Crippen molar-refractivity contribution in [3.05, 3.63) is 84.1 Å². The fourth-order valence-corrected chi connectivity index (χ4v) is 5.25. The standard InChI is InChI=1S/C32H33N7O2/c1-20-19-41-30-9-8-26(15-28(20)30)29-16-31(37-22(3)36-29)35-21(2)24-6-5-7-25(14-24)27-17-33-32(34-18-27)39-12-10-38(11-13-39)23(4)40/h5-9,14-19,21H,10-13H2,1-4H3,(H,35,36,37)/t21-/m0/s1. The fraction of sp³-hybridized carbons (Fsp3) is 0.281. The van der Waals surface area contributed by atoms with Gasteiger partial charge in [-0.25, -0.2) is 19.9 Å². The summed E-state index contributed by atoms with van der Waals surface area (Å²) in [5.74, 6) is 2.28. The molecule has 1 aliphatic heterocycles. The Morgan fingerprint density at radius 3 is 2.46 bits per heavy atom. The molecule has 0 saturated carbocycles. The summed E-state index contributed by atoms with van der Waals surface area (Å²) in [6, 6.07) is 16.5. The number of carbonyl (C=O) groups is 1. The Kier molecular flexibility index (Phi) is 7.09. The van der Waals surface area contributed by atoms with Crippen molar-refractivity contribution >= 4 is 28.6 Å². The van der Waals surface area contributed by atoms with Crippen LogP contribution in [0.5, 0.6) is 0 Å². The first-order chi connectivity index (χ1) is 19.8. The molecule has 1 amide bonds. The normalized spacial score (nSPS) is 14.3. The first-order valence-corrected chi connectivity index (χ1v) is 13.9. The second-order valence-electron chi connectivity index (χ2n) is 10.6. The summed E-state index contributed by atoms with van der Waals surface area (Å²) in [7, 11) is 0. The van der Waals surface area contributed by atoms with Gasteiger partial charge in [0.25, 0.3) is 0 Å². The number of anilines is 2. The molecule has 0 unspecified atom stereocenters. The SMILES string of the molecule is CC(=O)N1CCN(c2ncc(-c3cccc([C@H](C)Nc4cc(-c5ccc6occ(C)c6c5)nc(C)n4)c3)cn2)CC1. The lowest BCUT2D eigenvalue weighted by atomic mass is 10.0. The minimum atomic E-state index is 0.00783. The van der Waals surface area contributed by atoms with Crippen molar-refractivity contribution in [1.29, 1.82) is 0 Å². The maximum atomic E-state index is 11.6. The minimum absolute atomic E-state index is 0.00783. The summed E-state index contributed by atoms with van der Waals surface area (Å²) >= 11 is 0. The number of hydrogen-bond acceptors (Lipinski definition) is 8. The van der Waals surface area contributed by atoms with Gasteiger partial charge in [0.15, 0.2) is 0 Å². The van der Waals surface area contributed by atoms with Gasteiger partial charge >= 0.3 is 0 Å². The average Bonchev–Trinajstić information content (AvgIpc) is 3.37. The molecule has 4 heterocycles. The summed E-state index contributed by atoms with van der Waals surface area (Å²) in [6.45, 7) is 10.6. The molecule has 1 atom stereocenters. The molecule has 1 aliphatic rings. The Morgan fingerprint density at radius 2 is 1.71 bits per heavy atom. The largest absolute Gasteiger partial charge is 0.464 e. The lowest BCUT2D eigenvalue weighted by Gasteiger charge is -2.34. The number of nitrogens with zero attached hydrogens (tertiary/aromatic N) is 6. The minimum Gasteiger partial charge on any atom is -0.464 e. The van der Waals surface area contributed by atoms with Gasteiger partial charge in [-0.05, 0) is 61.7 Å². The van der Waals surface area contributed by atoms with Gasteiger partial charge in [0.2, 0.25) is 11.9 Å². The van der Waals surface area contributed by atoms with Gasteiger partial charge in [0.1, 0.15) is 17.2 Å². The summed E-state index contributed by atoms with van der Waals surface area (Å²) < 4.78 is 5.61. The number of furan rings is 1. The lowest BCUT2D eigenvalue weighted by Crippen LogP contribution is -2.48. The van der Waals surface area contributed by atoms with E-state index in [1.807, 2.05) is 49.3 Å². The number of rotatable bonds is 6. The Labute approximate surface area is 239 Å². The third-order valence-electron chi connectivity index (χ3n) is 7.63. The quantitative estimate of drug-likeness (QED) is 0.285. The third-order valence-corrected chi connectivity index (χ3v) is 7.63. The second-order valence-corrected chi connectivity index (χ2v) is 10.6. The number of nitrogens with one attached hydrogen (secondary N) is 1. The van der Waals surface area contributed by atoms with Crippen LogP contribution in [-0.4, -0.2) is 56.9 Å². The van der Waals surface area contributed by atoms with Crippen LogP contribution in [0.2, 0.25) is 0 Å². The Morgan fingerprint density at radius 1 is 0.927 bits per heavy atom. The fourth-order valence-electron chi connectivity index (χ4n) is 5.25. The van der Waals surface area contributed by atoms with Crippen molar-refractivity contribution in [2.75, 3.05) is 36.4 Å². The summed E-state index contributed by atoms with van der Waals surface area (Å²) in [5.41, 5.74) is 6.99. The van der Waals surface area contributed by atoms with E-state index in [4.69, 9.17) is 9.40 Å². The molecule has 41 heavy (non-hydrogen) atoms. The van der Waals surface area contributed by atoms with Crippen LogP contribution in [-0.2, 0) is 4.79 Å². The second kappa shape index (κ2) is 11.0. The molecule has 0 spiro atoms. The molecule has 1 fully saturated rings. The number of fused-ring (bicyclic) bond motifs is 1. The van der Waals surface area contributed by atoms with Crippen LogP contribution in [0.25, 0.3) is 33.4 Å². The van der Waals surface area contributed by atoms with E-state index >= 15 is 0 Å². The Hall–Kier alpha value is -4.79. The molecular weight excluding hydrogens is 514 g/mol. The monoisotopic (exact) mass is 547 g/mol. The molecule has 1 N–H and O–H groups in total. The summed E-state index contributed by atoms with van der Waals surface area (Å²) in [4.78, 5) is 34.2. The van der Waals surface area contributed by atoms with Crippen molar-refractivity contribution in [1.82, 2.24) is 24.8 Å². The molecular formula is C32H33N7O2. The summed E-state index contributed by atoms with van der Waals surface area (Å²) in [5, 5.41) is 4.65. The number of benzene rings is 2. The zero-order valence-corrected chi connectivity index (χ0v) is 23.8. The van der Waals surface area contributed by atoms with Crippen molar-refractivity contribution in [2.24, 2.45) is 0 Å². The summed E-state index contributed by atoms with van der Waals surface area (Å²) in [6.07, 6.45) is 5.52. The molecule has 0 aliphatic carbocycles. The van der Waals surface area contributed by atoms with Crippen LogP contribution < -0.4 is 10.2 Å². The van der Waals surface area contributed by atoms with Crippen LogP contribution >= 0.6 is 0 Å². The van der Waals surface area contributed by atoms with E-state index in [1.165, 1.54) is 0 Å². The number of amides is 1. The molecule has 2 aromatic carbocycles. The predicted octanol–water partition coefficient (Wildman–Crippen LogP) is 5.81. The van der Waals surface area contributed by atoms with Crippen molar-refractivity contribution in [2.45, 2.75) is 33.7 Å². The van der Waals surface area contributed by atoms with Gasteiger partial charge < -0.3 is 19.5 Å². The molecule has 208 valence electrons. The first kappa shape index (κ1) is 26.4. The first-order valence-electron chi connectivity index (χ1n) is 13.9. The van der Waals surface area contributed by atoms with Crippen LogP contribution in [0.4, 0.5) is 11.8 Å². The molecule has 0 bridgehead atoms. The van der Waals surface area contributed by atoms with E-state index in [0.29, 0.717) is 24.9 Å². The smallest absolute Gasteiger partial charge is 0.225 e. The Balaban J connectivity index is 1.17. The van der Waals surface area contributed by atoms with Gasteiger partial charge in [-0.1, -0.05) is 18.2 Å². The number of piperazine rings is 1. The highest BCUT2D eigenvalue weighted by molar-refractivity contribution is 5.85. The highest BCUT2D eigenvalue weighted by Gasteiger charge is 2.20. The van der Waals surface area contributed by atoms with E-state index in [9.17, 15) is 4.79 Å². The van der Waals surface area contributed by atoms with Gasteiger partial charge in [0.05, 0.1) is 12.0 Å². The molecule has 1 saturated heterocycles. The van der Waals surface area contributed by atoms with Gasteiger partial charge in [-0.2, -0.15) is 0 Å². The maximum Gasteiger partial charge on any atom is 0.225 e. The zero-order valence-electron chi connectivity index (χ0n) is 23.8. The van der Waals surface area contributed by atoms with Gasteiger partial charge in [-0.3, -0.25) is 4.79 Å². The zero-order chi connectivity index (χ0) is 28.5. The van der Waals surface area contributed by atoms with Crippen molar-refractivity contribution in [3.8, 4) is 22.4 Å². The maximum absolute atomic E-state index is 11.6. The highest BCUT2D eigenvalue weighted by Crippen LogP contribution is 2.29. The number of aromatic nitrogens is 4. The van der Waals surface area contributed by atoms with E-state index in [0.717, 1.165) is 63.4 Å². The van der Waals surface area contributed by atoms with E-state index < -0.39 is 0 Å². The average molecular weight is 548 g/mol. The van der Waals surface area contributed by atoms with Crippen LogP contribution in [0.3, 0.4) is 0 Å². The van der Waals surface area contributed by atoms with Crippen molar-refractivity contribution in [3.63, 3.8) is 0 Å². The number of aryl methyl sites for hydroxylation is 2. The topological polar surface area (TPSA) is 100 Å². The van der Waals surface area contributed by atoms with Gasteiger partial charge in [0, 0.05) is 74.1 Å². The van der Waals surface area contributed by atoms with Crippen LogP contribution in [0, 0.1) is 13.8 Å². The van der Waals surface area contributed by atoms with Gasteiger partial charge in [-0.15, -0.1) is 0 Å². The highest BCUT2D eigenvalue weighted by atomic mass is 16.3. The molecule has 0 radical (unpaired) electrons. The van der Waals surface area contributed by atoms with Crippen LogP contribution in [0.15, 0.2) is 71.6 Å². The third kappa shape index (κ3) is 5.61. The predicted molar refractivity (Wildman–Crippen MR) is 161 cm³/mol. The Bertz CT molecular complexity index is 1710. The van der Waals surface area contributed by atoms with Crippen LogP contribution in [0.1, 0.15) is 36.8 Å². The molecule has 6 rings (SSSR count). The van der Waals surface area contributed by atoms with E-state index in [-0.39, 0.29) is 11.9 Å². The molecule has 9 heteroatoms. The molecule has 9 nitrogen and oxygen atoms in total. The number of hydrogen-bond donors (Lipinski definition) is 1. The lowest BCUT2D eigenvalue weighted by molar-refractivity contribution is -0.129.